The third kappa shape index (κ3) is 2.66. The molecule has 0 saturated carbocycles. The Bertz CT molecular complexity index is 150. The van der Waals surface area contributed by atoms with Gasteiger partial charge >= 0.3 is 0 Å². The highest BCUT2D eigenvalue weighted by Gasteiger charge is 2.32. The molecule has 1 fully saturated rings. The first-order valence-electron chi connectivity index (χ1n) is 5.27. The molecule has 1 saturated heterocycles. The third-order valence-electron chi connectivity index (χ3n) is 2.90. The average molecular weight is 186 g/mol. The van der Waals surface area contributed by atoms with Crippen LogP contribution in [0.5, 0.6) is 0 Å². The molecule has 2 atom stereocenters. The molecule has 3 nitrogen and oxygen atoms in total. The summed E-state index contributed by atoms with van der Waals surface area (Å²) < 4.78 is 0. The number of aliphatic hydroxyl groups excluding tert-OH is 1. The van der Waals surface area contributed by atoms with Crippen molar-refractivity contribution in [2.45, 2.75) is 32.9 Å². The number of likely N-dealkylation sites (tertiary alicyclic amines) is 1. The molecule has 1 aliphatic rings. The van der Waals surface area contributed by atoms with Crippen molar-refractivity contribution in [2.24, 2.45) is 5.92 Å². The predicted molar refractivity (Wildman–Crippen MR) is 54.7 cm³/mol. The summed E-state index contributed by atoms with van der Waals surface area (Å²) in [6.45, 7) is 9.95. The summed E-state index contributed by atoms with van der Waals surface area (Å²) in [5.41, 5.74) is 0. The van der Waals surface area contributed by atoms with Crippen molar-refractivity contribution >= 4 is 0 Å². The summed E-state index contributed by atoms with van der Waals surface area (Å²) in [6.07, 6.45) is 0. The zero-order valence-electron chi connectivity index (χ0n) is 8.95. The first-order valence-corrected chi connectivity index (χ1v) is 5.27. The summed E-state index contributed by atoms with van der Waals surface area (Å²) in [5, 5.41) is 12.6. The fourth-order valence-corrected chi connectivity index (χ4v) is 2.00. The van der Waals surface area contributed by atoms with Crippen LogP contribution in [0.25, 0.3) is 0 Å². The SMILES string of the molecule is CCN[C@@H]1CN(C(C)C)C[C@H]1CO. The molecule has 0 unspecified atom stereocenters. The Balaban J connectivity index is 2.45. The van der Waals surface area contributed by atoms with Crippen molar-refractivity contribution < 1.29 is 5.11 Å². The molecular weight excluding hydrogens is 164 g/mol. The zero-order chi connectivity index (χ0) is 9.84. The van der Waals surface area contributed by atoms with Gasteiger partial charge in [-0.25, -0.2) is 0 Å². The van der Waals surface area contributed by atoms with Crippen LogP contribution in [-0.2, 0) is 0 Å². The molecule has 13 heavy (non-hydrogen) atoms. The maximum Gasteiger partial charge on any atom is 0.0486 e. The van der Waals surface area contributed by atoms with Crippen molar-refractivity contribution in [3.05, 3.63) is 0 Å². The normalized spacial score (nSPS) is 30.2. The number of aliphatic hydroxyl groups is 1. The number of likely N-dealkylation sites (N-methyl/N-ethyl adjacent to an activating group) is 1. The van der Waals surface area contributed by atoms with Gasteiger partial charge in [-0.1, -0.05) is 6.92 Å². The fourth-order valence-electron chi connectivity index (χ4n) is 2.00. The van der Waals surface area contributed by atoms with Gasteiger partial charge in [0, 0.05) is 37.7 Å². The van der Waals surface area contributed by atoms with Crippen molar-refractivity contribution in [3.8, 4) is 0 Å². The first-order chi connectivity index (χ1) is 6.19. The van der Waals surface area contributed by atoms with Crippen LogP contribution >= 0.6 is 0 Å². The molecule has 0 bridgehead atoms. The second kappa shape index (κ2) is 4.94. The van der Waals surface area contributed by atoms with E-state index in [9.17, 15) is 5.11 Å². The van der Waals surface area contributed by atoms with Crippen LogP contribution in [0.15, 0.2) is 0 Å². The van der Waals surface area contributed by atoms with Gasteiger partial charge in [0.05, 0.1) is 0 Å². The number of rotatable bonds is 4. The minimum atomic E-state index is 0.306. The van der Waals surface area contributed by atoms with E-state index in [4.69, 9.17) is 0 Å². The van der Waals surface area contributed by atoms with Gasteiger partial charge in [-0.3, -0.25) is 4.90 Å². The van der Waals surface area contributed by atoms with Crippen LogP contribution in [0, 0.1) is 5.92 Å². The second-order valence-corrected chi connectivity index (χ2v) is 4.15. The molecular formula is C10H22N2O. The maximum atomic E-state index is 9.20. The minimum absolute atomic E-state index is 0.306. The van der Waals surface area contributed by atoms with E-state index in [0.29, 0.717) is 24.6 Å². The maximum absolute atomic E-state index is 9.20. The Morgan fingerprint density at radius 1 is 1.46 bits per heavy atom. The van der Waals surface area contributed by atoms with Crippen LogP contribution < -0.4 is 5.32 Å². The molecule has 78 valence electrons. The van der Waals surface area contributed by atoms with Gasteiger partial charge in [0.1, 0.15) is 0 Å². The van der Waals surface area contributed by atoms with E-state index in [1.807, 2.05) is 0 Å². The highest BCUT2D eigenvalue weighted by atomic mass is 16.3. The van der Waals surface area contributed by atoms with Crippen LogP contribution in [0.1, 0.15) is 20.8 Å². The van der Waals surface area contributed by atoms with Crippen LogP contribution in [-0.4, -0.2) is 48.3 Å². The predicted octanol–water partition coefficient (Wildman–Crippen LogP) is 0.297. The van der Waals surface area contributed by atoms with Crippen molar-refractivity contribution in [1.82, 2.24) is 10.2 Å². The second-order valence-electron chi connectivity index (χ2n) is 4.15. The summed E-state index contributed by atoms with van der Waals surface area (Å²) in [7, 11) is 0. The van der Waals surface area contributed by atoms with E-state index in [0.717, 1.165) is 19.6 Å². The Kier molecular flexibility index (Phi) is 4.16. The molecule has 0 spiro atoms. The van der Waals surface area contributed by atoms with E-state index < -0.39 is 0 Å². The van der Waals surface area contributed by atoms with E-state index in [2.05, 4.69) is 31.0 Å². The van der Waals surface area contributed by atoms with Gasteiger partial charge in [-0.05, 0) is 20.4 Å². The van der Waals surface area contributed by atoms with Crippen molar-refractivity contribution in [1.29, 1.82) is 0 Å². The van der Waals surface area contributed by atoms with Crippen LogP contribution in [0.2, 0.25) is 0 Å². The van der Waals surface area contributed by atoms with Crippen LogP contribution in [0.4, 0.5) is 0 Å². The summed E-state index contributed by atoms with van der Waals surface area (Å²) in [5.74, 6) is 0.419. The largest absolute Gasteiger partial charge is 0.396 e. The molecule has 2 N–H and O–H groups in total. The highest BCUT2D eigenvalue weighted by Crippen LogP contribution is 2.18. The summed E-state index contributed by atoms with van der Waals surface area (Å²) in [6, 6.07) is 1.08. The molecule has 0 radical (unpaired) electrons. The summed E-state index contributed by atoms with van der Waals surface area (Å²) >= 11 is 0. The van der Waals surface area contributed by atoms with Gasteiger partial charge in [-0.15, -0.1) is 0 Å². The van der Waals surface area contributed by atoms with E-state index >= 15 is 0 Å². The standard InChI is InChI=1S/C10H22N2O/c1-4-11-10-6-12(8(2)3)5-9(10)7-13/h8-11,13H,4-7H2,1-3H3/t9-,10+/m0/s1. The average Bonchev–Trinajstić information content (AvgIpc) is 2.48. The molecule has 1 rings (SSSR count). The molecule has 0 aromatic rings. The van der Waals surface area contributed by atoms with Gasteiger partial charge in [0.15, 0.2) is 0 Å². The number of hydrogen-bond acceptors (Lipinski definition) is 3. The minimum Gasteiger partial charge on any atom is -0.396 e. The van der Waals surface area contributed by atoms with E-state index in [1.54, 1.807) is 0 Å². The van der Waals surface area contributed by atoms with Gasteiger partial charge in [-0.2, -0.15) is 0 Å². The molecule has 0 amide bonds. The monoisotopic (exact) mass is 186 g/mol. The topological polar surface area (TPSA) is 35.5 Å². The Hall–Kier alpha value is -0.120. The lowest BCUT2D eigenvalue weighted by Gasteiger charge is -2.20. The van der Waals surface area contributed by atoms with Crippen molar-refractivity contribution in [3.63, 3.8) is 0 Å². The Labute approximate surface area is 81.1 Å². The fraction of sp³-hybridized carbons (Fsp3) is 1.00. The van der Waals surface area contributed by atoms with Gasteiger partial charge < -0.3 is 10.4 Å². The smallest absolute Gasteiger partial charge is 0.0486 e. The third-order valence-corrected chi connectivity index (χ3v) is 2.90. The number of nitrogens with one attached hydrogen (secondary N) is 1. The quantitative estimate of drug-likeness (QED) is 0.663. The molecule has 0 aliphatic carbocycles. The Morgan fingerprint density at radius 2 is 2.15 bits per heavy atom. The summed E-state index contributed by atoms with van der Waals surface area (Å²) in [4.78, 5) is 2.42. The number of hydrogen-bond donors (Lipinski definition) is 2. The first kappa shape index (κ1) is 11.0. The molecule has 1 heterocycles. The van der Waals surface area contributed by atoms with Gasteiger partial charge in [0.25, 0.3) is 0 Å². The molecule has 0 aromatic carbocycles. The van der Waals surface area contributed by atoms with E-state index in [-0.39, 0.29) is 0 Å². The van der Waals surface area contributed by atoms with Gasteiger partial charge in [0.2, 0.25) is 0 Å². The van der Waals surface area contributed by atoms with Crippen LogP contribution in [0.3, 0.4) is 0 Å². The lowest BCUT2D eigenvalue weighted by atomic mass is 10.1. The lowest BCUT2D eigenvalue weighted by Crippen LogP contribution is -2.38. The van der Waals surface area contributed by atoms with Crippen molar-refractivity contribution in [2.75, 3.05) is 26.2 Å². The van der Waals surface area contributed by atoms with E-state index in [1.165, 1.54) is 0 Å². The number of nitrogens with zero attached hydrogens (tertiary/aromatic N) is 1. The Morgan fingerprint density at radius 3 is 2.62 bits per heavy atom. The zero-order valence-corrected chi connectivity index (χ0v) is 8.95. The lowest BCUT2D eigenvalue weighted by molar-refractivity contribution is 0.201. The molecule has 3 heteroatoms. The molecule has 1 aliphatic heterocycles. The molecule has 0 aromatic heterocycles. The highest BCUT2D eigenvalue weighted by molar-refractivity contribution is 4.89.